The molecule has 0 amide bonds. The molecule has 4 nitrogen and oxygen atoms in total. The van der Waals surface area contributed by atoms with Gasteiger partial charge < -0.3 is 4.74 Å². The van der Waals surface area contributed by atoms with E-state index in [2.05, 4.69) is 10.2 Å². The van der Waals surface area contributed by atoms with Gasteiger partial charge in [0.1, 0.15) is 0 Å². The molecule has 0 fully saturated rings. The van der Waals surface area contributed by atoms with E-state index in [0.717, 1.165) is 28.1 Å². The highest BCUT2D eigenvalue weighted by Crippen LogP contribution is 2.32. The second kappa shape index (κ2) is 7.74. The summed E-state index contributed by atoms with van der Waals surface area (Å²) in [6.07, 6.45) is 0. The number of esters is 1. The Hall–Kier alpha value is -3.27. The van der Waals surface area contributed by atoms with Crippen LogP contribution in [0.2, 0.25) is 0 Å². The SMILES string of the molecule is COC(=O)c1ccc(-c2ccccc2/N=N/c2ccc(C)cc2)cc1C. The summed E-state index contributed by atoms with van der Waals surface area (Å²) < 4.78 is 4.81. The number of hydrogen-bond acceptors (Lipinski definition) is 4. The summed E-state index contributed by atoms with van der Waals surface area (Å²) in [4.78, 5) is 11.8. The first kappa shape index (κ1) is 17.5. The number of methoxy groups -OCH3 is 1. The van der Waals surface area contributed by atoms with Gasteiger partial charge in [0, 0.05) is 5.56 Å². The van der Waals surface area contributed by atoms with Crippen molar-refractivity contribution in [2.75, 3.05) is 7.11 Å². The van der Waals surface area contributed by atoms with E-state index >= 15 is 0 Å². The molecule has 0 N–H and O–H groups in total. The van der Waals surface area contributed by atoms with E-state index in [4.69, 9.17) is 4.74 Å². The van der Waals surface area contributed by atoms with Gasteiger partial charge in [-0.3, -0.25) is 0 Å². The molecule has 0 radical (unpaired) electrons. The fourth-order valence-corrected chi connectivity index (χ4v) is 2.70. The minimum absolute atomic E-state index is 0.332. The van der Waals surface area contributed by atoms with Crippen molar-refractivity contribution in [2.24, 2.45) is 10.2 Å². The second-order valence-electron chi connectivity index (χ2n) is 6.07. The molecule has 0 aliphatic carbocycles. The highest BCUT2D eigenvalue weighted by Gasteiger charge is 2.11. The van der Waals surface area contributed by atoms with Crippen LogP contribution in [0.3, 0.4) is 0 Å². The maximum Gasteiger partial charge on any atom is 0.338 e. The van der Waals surface area contributed by atoms with Crippen molar-refractivity contribution in [3.8, 4) is 11.1 Å². The van der Waals surface area contributed by atoms with Crippen molar-refractivity contribution in [3.05, 3.63) is 83.4 Å². The maximum absolute atomic E-state index is 11.8. The molecular weight excluding hydrogens is 324 g/mol. The van der Waals surface area contributed by atoms with Gasteiger partial charge in [0.15, 0.2) is 0 Å². The van der Waals surface area contributed by atoms with Crippen LogP contribution >= 0.6 is 0 Å². The van der Waals surface area contributed by atoms with Gasteiger partial charge in [-0.05, 0) is 49.2 Å². The zero-order valence-corrected chi connectivity index (χ0v) is 15.1. The number of azo groups is 1. The predicted molar refractivity (Wildman–Crippen MR) is 103 cm³/mol. The summed E-state index contributed by atoms with van der Waals surface area (Å²) in [6, 6.07) is 21.4. The van der Waals surface area contributed by atoms with Crippen LogP contribution in [0.15, 0.2) is 77.0 Å². The largest absolute Gasteiger partial charge is 0.465 e. The maximum atomic E-state index is 11.8. The third-order valence-corrected chi connectivity index (χ3v) is 4.15. The van der Waals surface area contributed by atoms with E-state index in [1.807, 2.05) is 74.5 Å². The highest BCUT2D eigenvalue weighted by atomic mass is 16.5. The molecule has 0 aliphatic rings. The van der Waals surface area contributed by atoms with Crippen LogP contribution in [-0.4, -0.2) is 13.1 Å². The highest BCUT2D eigenvalue weighted by molar-refractivity contribution is 5.92. The number of carbonyl (C=O) groups excluding carboxylic acids is 1. The third-order valence-electron chi connectivity index (χ3n) is 4.15. The molecule has 0 heterocycles. The van der Waals surface area contributed by atoms with Crippen molar-refractivity contribution in [3.63, 3.8) is 0 Å². The van der Waals surface area contributed by atoms with Crippen molar-refractivity contribution in [1.82, 2.24) is 0 Å². The average molecular weight is 344 g/mol. The number of aryl methyl sites for hydroxylation is 2. The first-order valence-electron chi connectivity index (χ1n) is 8.35. The molecular formula is C22H20N2O2. The fourth-order valence-electron chi connectivity index (χ4n) is 2.70. The summed E-state index contributed by atoms with van der Waals surface area (Å²) in [7, 11) is 1.39. The zero-order valence-electron chi connectivity index (χ0n) is 15.1. The van der Waals surface area contributed by atoms with Crippen molar-refractivity contribution in [2.45, 2.75) is 13.8 Å². The summed E-state index contributed by atoms with van der Waals surface area (Å²) in [5.41, 5.74) is 6.14. The normalized spacial score (nSPS) is 10.9. The Labute approximate surface area is 153 Å². The number of carbonyl (C=O) groups is 1. The van der Waals surface area contributed by atoms with E-state index in [9.17, 15) is 4.79 Å². The molecule has 0 bridgehead atoms. The molecule has 4 heteroatoms. The van der Waals surface area contributed by atoms with Crippen LogP contribution < -0.4 is 0 Å². The minimum Gasteiger partial charge on any atom is -0.465 e. The Morgan fingerprint density at radius 1 is 0.885 bits per heavy atom. The van der Waals surface area contributed by atoms with Gasteiger partial charge in [0.25, 0.3) is 0 Å². The first-order valence-corrected chi connectivity index (χ1v) is 8.35. The molecule has 26 heavy (non-hydrogen) atoms. The molecule has 0 aliphatic heterocycles. The van der Waals surface area contributed by atoms with Gasteiger partial charge >= 0.3 is 5.97 Å². The standard InChI is InChI=1S/C22H20N2O2/c1-15-8-11-18(12-9-15)23-24-21-7-5-4-6-20(21)17-10-13-19(16(2)14-17)22(25)26-3/h4-14H,1-3H3/b24-23+. The van der Waals surface area contributed by atoms with Gasteiger partial charge in [-0.2, -0.15) is 5.11 Å². The van der Waals surface area contributed by atoms with Crippen LogP contribution in [0, 0.1) is 13.8 Å². The van der Waals surface area contributed by atoms with Crippen LogP contribution in [-0.2, 0) is 4.74 Å². The van der Waals surface area contributed by atoms with Crippen molar-refractivity contribution in [1.29, 1.82) is 0 Å². The lowest BCUT2D eigenvalue weighted by Crippen LogP contribution is -2.03. The van der Waals surface area contributed by atoms with Gasteiger partial charge in [-0.15, -0.1) is 5.11 Å². The van der Waals surface area contributed by atoms with E-state index in [1.54, 1.807) is 6.07 Å². The lowest BCUT2D eigenvalue weighted by atomic mass is 9.99. The van der Waals surface area contributed by atoms with Crippen LogP contribution in [0.1, 0.15) is 21.5 Å². The van der Waals surface area contributed by atoms with E-state index in [-0.39, 0.29) is 5.97 Å². The molecule has 3 aromatic rings. The Balaban J connectivity index is 1.95. The number of ether oxygens (including phenoxy) is 1. The topological polar surface area (TPSA) is 51.0 Å². The van der Waals surface area contributed by atoms with Gasteiger partial charge in [0.05, 0.1) is 24.0 Å². The number of rotatable bonds is 4. The van der Waals surface area contributed by atoms with Gasteiger partial charge in [-0.25, -0.2) is 4.79 Å². The van der Waals surface area contributed by atoms with Crippen LogP contribution in [0.25, 0.3) is 11.1 Å². The first-order chi connectivity index (χ1) is 12.6. The minimum atomic E-state index is -0.332. The summed E-state index contributed by atoms with van der Waals surface area (Å²) in [5.74, 6) is -0.332. The zero-order chi connectivity index (χ0) is 18.5. The van der Waals surface area contributed by atoms with Gasteiger partial charge in [0.2, 0.25) is 0 Å². The van der Waals surface area contributed by atoms with E-state index < -0.39 is 0 Å². The fraction of sp³-hybridized carbons (Fsp3) is 0.136. The Bertz CT molecular complexity index is 960. The van der Waals surface area contributed by atoms with Gasteiger partial charge in [-0.1, -0.05) is 48.0 Å². The number of nitrogens with zero attached hydrogens (tertiary/aromatic N) is 2. The number of benzene rings is 3. The third kappa shape index (κ3) is 3.86. The van der Waals surface area contributed by atoms with Crippen LogP contribution in [0.5, 0.6) is 0 Å². The Morgan fingerprint density at radius 3 is 2.31 bits per heavy atom. The Morgan fingerprint density at radius 2 is 1.62 bits per heavy atom. The molecule has 3 rings (SSSR count). The summed E-state index contributed by atoms with van der Waals surface area (Å²) in [6.45, 7) is 3.93. The van der Waals surface area contributed by atoms with Crippen molar-refractivity contribution >= 4 is 17.3 Å². The molecule has 0 aromatic heterocycles. The lowest BCUT2D eigenvalue weighted by Gasteiger charge is -2.09. The molecule has 130 valence electrons. The molecule has 0 atom stereocenters. The molecule has 0 saturated heterocycles. The summed E-state index contributed by atoms with van der Waals surface area (Å²) in [5, 5.41) is 8.76. The molecule has 0 saturated carbocycles. The van der Waals surface area contributed by atoms with Crippen molar-refractivity contribution < 1.29 is 9.53 Å². The molecule has 0 unspecified atom stereocenters. The van der Waals surface area contributed by atoms with E-state index in [1.165, 1.54) is 12.7 Å². The van der Waals surface area contributed by atoms with Crippen LogP contribution in [0.4, 0.5) is 11.4 Å². The number of hydrogen-bond donors (Lipinski definition) is 0. The smallest absolute Gasteiger partial charge is 0.338 e. The monoisotopic (exact) mass is 344 g/mol. The molecule has 3 aromatic carbocycles. The predicted octanol–water partition coefficient (Wildman–Crippen LogP) is 6.17. The lowest BCUT2D eigenvalue weighted by molar-refractivity contribution is 0.0600. The average Bonchev–Trinajstić information content (AvgIpc) is 2.67. The molecule has 0 spiro atoms. The quantitative estimate of drug-likeness (QED) is 0.419. The van der Waals surface area contributed by atoms with E-state index in [0.29, 0.717) is 5.56 Å². The summed E-state index contributed by atoms with van der Waals surface area (Å²) >= 11 is 0. The Kier molecular flexibility index (Phi) is 5.23. The second-order valence-corrected chi connectivity index (χ2v) is 6.07.